The lowest BCUT2D eigenvalue weighted by atomic mass is 10.0. The Bertz CT molecular complexity index is 1160. The zero-order valence-corrected chi connectivity index (χ0v) is 15.5. The standard InChI is InChI=1S/C22H19N3O3/c1-25-12-16(11-24-25)18-7-8-23-19-10-20(28-22(18)19)21-14-26-13-17(27-21)9-15-5-3-2-4-6-15/h2-3,5,7-8,10-14H,4,6,9H2,1H3. The Morgan fingerprint density at radius 2 is 2.21 bits per heavy atom. The molecule has 6 nitrogen and oxygen atoms in total. The van der Waals surface area contributed by atoms with Crippen molar-refractivity contribution in [2.24, 2.45) is 7.05 Å². The topological polar surface area (TPSA) is 62.3 Å². The predicted molar refractivity (Wildman–Crippen MR) is 106 cm³/mol. The molecule has 3 aromatic rings. The first-order valence-corrected chi connectivity index (χ1v) is 9.21. The van der Waals surface area contributed by atoms with Crippen LogP contribution in [0.3, 0.4) is 0 Å². The number of pyridine rings is 1. The van der Waals surface area contributed by atoms with Crippen LogP contribution in [0, 0.1) is 0 Å². The molecule has 5 rings (SSSR count). The third-order valence-electron chi connectivity index (χ3n) is 4.79. The highest BCUT2D eigenvalue weighted by molar-refractivity contribution is 5.91. The molecule has 0 bridgehead atoms. The van der Waals surface area contributed by atoms with Crippen LogP contribution in [-0.4, -0.2) is 14.8 Å². The second kappa shape index (κ2) is 6.88. The predicted octanol–water partition coefficient (Wildman–Crippen LogP) is 5.08. The normalized spacial score (nSPS) is 16.2. The molecule has 1 aliphatic heterocycles. The van der Waals surface area contributed by atoms with Gasteiger partial charge in [-0.15, -0.1) is 0 Å². The average molecular weight is 373 g/mol. The van der Waals surface area contributed by atoms with Gasteiger partial charge in [0.05, 0.1) is 6.20 Å². The van der Waals surface area contributed by atoms with Crippen molar-refractivity contribution < 1.29 is 13.9 Å². The van der Waals surface area contributed by atoms with Gasteiger partial charge in [0.2, 0.25) is 5.76 Å². The molecule has 140 valence electrons. The van der Waals surface area contributed by atoms with E-state index in [4.69, 9.17) is 13.9 Å². The summed E-state index contributed by atoms with van der Waals surface area (Å²) in [4.78, 5) is 4.43. The van der Waals surface area contributed by atoms with Gasteiger partial charge >= 0.3 is 0 Å². The van der Waals surface area contributed by atoms with Gasteiger partial charge in [-0.25, -0.2) is 0 Å². The molecule has 0 fully saturated rings. The van der Waals surface area contributed by atoms with Gasteiger partial charge in [-0.3, -0.25) is 9.67 Å². The van der Waals surface area contributed by atoms with Gasteiger partial charge in [0.15, 0.2) is 11.3 Å². The van der Waals surface area contributed by atoms with E-state index in [2.05, 4.69) is 28.3 Å². The molecule has 0 unspecified atom stereocenters. The van der Waals surface area contributed by atoms with Crippen LogP contribution in [0.15, 0.2) is 77.2 Å². The lowest BCUT2D eigenvalue weighted by molar-refractivity contribution is 0.266. The van der Waals surface area contributed by atoms with Gasteiger partial charge in [-0.05, 0) is 18.9 Å². The monoisotopic (exact) mass is 373 g/mol. The van der Waals surface area contributed by atoms with Gasteiger partial charge in [0, 0.05) is 43.1 Å². The first-order valence-electron chi connectivity index (χ1n) is 9.21. The Hall–Kier alpha value is -3.54. The van der Waals surface area contributed by atoms with E-state index in [0.717, 1.165) is 41.7 Å². The Morgan fingerprint density at radius 3 is 3.04 bits per heavy atom. The van der Waals surface area contributed by atoms with Crippen LogP contribution >= 0.6 is 0 Å². The zero-order valence-electron chi connectivity index (χ0n) is 15.5. The molecule has 0 amide bonds. The van der Waals surface area contributed by atoms with Crippen LogP contribution in [0.1, 0.15) is 25.0 Å². The summed E-state index contributed by atoms with van der Waals surface area (Å²) in [5, 5.41) is 4.24. The molecular formula is C22H19N3O3. The number of fused-ring (bicyclic) bond motifs is 1. The molecular weight excluding hydrogens is 354 g/mol. The van der Waals surface area contributed by atoms with Crippen LogP contribution in [0.25, 0.3) is 28.0 Å². The Kier molecular flexibility index (Phi) is 4.09. The maximum Gasteiger partial charge on any atom is 0.204 e. The number of hydrogen-bond acceptors (Lipinski definition) is 5. The summed E-state index contributed by atoms with van der Waals surface area (Å²) in [6.07, 6.45) is 17.9. The Balaban J connectivity index is 1.43. The molecule has 0 N–H and O–H groups in total. The highest BCUT2D eigenvalue weighted by atomic mass is 16.5. The molecule has 28 heavy (non-hydrogen) atoms. The minimum Gasteiger partial charge on any atom is -0.465 e. The smallest absolute Gasteiger partial charge is 0.204 e. The van der Waals surface area contributed by atoms with Crippen molar-refractivity contribution in [1.82, 2.24) is 14.8 Å². The second-order valence-corrected chi connectivity index (χ2v) is 6.86. The maximum absolute atomic E-state index is 6.11. The number of ether oxygens (including phenoxy) is 2. The van der Waals surface area contributed by atoms with Gasteiger partial charge < -0.3 is 13.9 Å². The number of hydrogen-bond donors (Lipinski definition) is 0. The van der Waals surface area contributed by atoms with E-state index in [1.165, 1.54) is 5.57 Å². The molecule has 0 radical (unpaired) electrons. The number of aromatic nitrogens is 3. The van der Waals surface area contributed by atoms with Crippen LogP contribution in [-0.2, 0) is 16.5 Å². The van der Waals surface area contributed by atoms with Crippen LogP contribution in [0.4, 0.5) is 0 Å². The fourth-order valence-electron chi connectivity index (χ4n) is 3.42. The van der Waals surface area contributed by atoms with Gasteiger partial charge in [-0.1, -0.05) is 23.8 Å². The summed E-state index contributed by atoms with van der Waals surface area (Å²) < 4.78 is 19.4. The summed E-state index contributed by atoms with van der Waals surface area (Å²) >= 11 is 0. The maximum atomic E-state index is 6.11. The fraction of sp³-hybridized carbons (Fsp3) is 0.182. The molecule has 6 heteroatoms. The van der Waals surface area contributed by atoms with Gasteiger partial charge in [0.25, 0.3) is 0 Å². The quantitative estimate of drug-likeness (QED) is 0.638. The van der Waals surface area contributed by atoms with E-state index in [1.807, 2.05) is 31.6 Å². The molecule has 3 aromatic heterocycles. The largest absolute Gasteiger partial charge is 0.465 e. The third-order valence-corrected chi connectivity index (χ3v) is 4.79. The van der Waals surface area contributed by atoms with Crippen molar-refractivity contribution in [3.63, 3.8) is 0 Å². The molecule has 0 aromatic carbocycles. The van der Waals surface area contributed by atoms with Crippen molar-refractivity contribution >= 4 is 16.9 Å². The molecule has 2 aliphatic rings. The number of aryl methyl sites for hydroxylation is 1. The SMILES string of the molecule is Cn1cc(-c2ccnc3cc(C4=COC=C(CC5=CC=CCC5)O4)oc23)cn1. The summed E-state index contributed by atoms with van der Waals surface area (Å²) in [5.41, 5.74) is 4.70. The molecule has 1 aliphatic carbocycles. The van der Waals surface area contributed by atoms with E-state index in [0.29, 0.717) is 17.1 Å². The average Bonchev–Trinajstić information content (AvgIpc) is 3.35. The summed E-state index contributed by atoms with van der Waals surface area (Å²) in [6.45, 7) is 0. The molecule has 4 heterocycles. The summed E-state index contributed by atoms with van der Waals surface area (Å²) in [6, 6.07) is 3.80. The summed E-state index contributed by atoms with van der Waals surface area (Å²) in [5.74, 6) is 1.89. The van der Waals surface area contributed by atoms with E-state index >= 15 is 0 Å². The van der Waals surface area contributed by atoms with Crippen molar-refractivity contribution in [3.05, 3.63) is 78.6 Å². The lowest BCUT2D eigenvalue weighted by Crippen LogP contribution is -2.01. The minimum atomic E-state index is 0.541. The summed E-state index contributed by atoms with van der Waals surface area (Å²) in [7, 11) is 1.89. The Morgan fingerprint density at radius 1 is 1.25 bits per heavy atom. The van der Waals surface area contributed by atoms with Crippen LogP contribution in [0.2, 0.25) is 0 Å². The van der Waals surface area contributed by atoms with Crippen LogP contribution < -0.4 is 0 Å². The van der Waals surface area contributed by atoms with E-state index < -0.39 is 0 Å². The Labute approximate surface area is 162 Å². The van der Waals surface area contributed by atoms with E-state index in [1.54, 1.807) is 23.4 Å². The highest BCUT2D eigenvalue weighted by Crippen LogP contribution is 2.34. The third kappa shape index (κ3) is 3.13. The number of allylic oxidation sites excluding steroid dienone is 4. The molecule has 0 spiro atoms. The molecule has 0 saturated carbocycles. The van der Waals surface area contributed by atoms with Crippen molar-refractivity contribution in [1.29, 1.82) is 0 Å². The van der Waals surface area contributed by atoms with Gasteiger partial charge in [0.1, 0.15) is 23.8 Å². The number of furan rings is 1. The lowest BCUT2D eigenvalue weighted by Gasteiger charge is -2.17. The van der Waals surface area contributed by atoms with Crippen molar-refractivity contribution in [3.8, 4) is 11.1 Å². The van der Waals surface area contributed by atoms with Gasteiger partial charge in [-0.2, -0.15) is 5.10 Å². The van der Waals surface area contributed by atoms with E-state index in [9.17, 15) is 0 Å². The van der Waals surface area contributed by atoms with Crippen LogP contribution in [0.5, 0.6) is 0 Å². The molecule has 0 atom stereocenters. The zero-order chi connectivity index (χ0) is 18.9. The fourth-order valence-corrected chi connectivity index (χ4v) is 3.42. The number of rotatable bonds is 4. The van der Waals surface area contributed by atoms with E-state index in [-0.39, 0.29) is 0 Å². The minimum absolute atomic E-state index is 0.541. The molecule has 0 saturated heterocycles. The highest BCUT2D eigenvalue weighted by Gasteiger charge is 2.20. The van der Waals surface area contributed by atoms with Crippen molar-refractivity contribution in [2.75, 3.05) is 0 Å². The first kappa shape index (κ1) is 16.6. The number of nitrogens with zero attached hydrogens (tertiary/aromatic N) is 3. The second-order valence-electron chi connectivity index (χ2n) is 6.86. The first-order chi connectivity index (χ1) is 13.8. The van der Waals surface area contributed by atoms with Crippen molar-refractivity contribution in [2.45, 2.75) is 19.3 Å².